The van der Waals surface area contributed by atoms with Crippen molar-refractivity contribution in [1.82, 2.24) is 20.0 Å². The highest BCUT2D eigenvalue weighted by molar-refractivity contribution is 5.96. The van der Waals surface area contributed by atoms with Gasteiger partial charge in [0.1, 0.15) is 0 Å². The van der Waals surface area contributed by atoms with Crippen LogP contribution >= 0.6 is 0 Å². The van der Waals surface area contributed by atoms with Gasteiger partial charge in [-0.1, -0.05) is 57.7 Å². The number of carbonyl (C=O) groups excluding carboxylic acids is 1. The first-order valence-corrected chi connectivity index (χ1v) is 11.6. The number of carbonyl (C=O) groups is 1. The molecule has 1 aromatic carbocycles. The molecule has 1 unspecified atom stereocenters. The number of amides is 1. The minimum Gasteiger partial charge on any atom is -0.348 e. The Bertz CT molecular complexity index is 759. The summed E-state index contributed by atoms with van der Waals surface area (Å²) in [4.78, 5) is 15.6. The monoisotopic (exact) mass is 412 g/mol. The molecule has 0 bridgehead atoms. The Morgan fingerprint density at radius 1 is 1.03 bits per heavy atom. The van der Waals surface area contributed by atoms with Gasteiger partial charge in [-0.3, -0.25) is 4.79 Å². The molecule has 0 aliphatic rings. The summed E-state index contributed by atoms with van der Waals surface area (Å²) < 4.78 is 1.86. The summed E-state index contributed by atoms with van der Waals surface area (Å²) >= 11 is 0. The van der Waals surface area contributed by atoms with E-state index in [4.69, 9.17) is 0 Å². The molecular formula is C25H40N4O. The molecule has 0 aliphatic heterocycles. The molecule has 1 atom stereocenters. The maximum absolute atomic E-state index is 13.1. The second-order valence-corrected chi connectivity index (χ2v) is 8.38. The molecule has 30 heavy (non-hydrogen) atoms. The van der Waals surface area contributed by atoms with Crippen LogP contribution in [-0.2, 0) is 0 Å². The van der Waals surface area contributed by atoms with Gasteiger partial charge in [0.15, 0.2) is 0 Å². The summed E-state index contributed by atoms with van der Waals surface area (Å²) in [6.07, 6.45) is 7.46. The zero-order chi connectivity index (χ0) is 21.9. The highest BCUT2D eigenvalue weighted by atomic mass is 16.1. The Hall–Kier alpha value is -2.14. The standard InChI is InChI=1S/C25H40N4O/c1-6-8-13-17-28(18-14-9-7-2)19-20(3)26-25(30)24-21(4)27-29(22(24)5)23-15-11-10-12-16-23/h10-12,15-16,20H,6-9,13-14,17-19H2,1-5H3,(H,26,30). The van der Waals surface area contributed by atoms with Crippen LogP contribution in [0.5, 0.6) is 0 Å². The lowest BCUT2D eigenvalue weighted by atomic mass is 10.1. The van der Waals surface area contributed by atoms with Crippen LogP contribution in [0.2, 0.25) is 0 Å². The zero-order valence-corrected chi connectivity index (χ0v) is 19.6. The first-order valence-electron chi connectivity index (χ1n) is 11.6. The summed E-state index contributed by atoms with van der Waals surface area (Å²) in [7, 11) is 0. The summed E-state index contributed by atoms with van der Waals surface area (Å²) in [6.45, 7) is 13.6. The predicted octanol–water partition coefficient (Wildman–Crippen LogP) is 5.29. The van der Waals surface area contributed by atoms with Gasteiger partial charge in [0.25, 0.3) is 5.91 Å². The maximum Gasteiger partial charge on any atom is 0.255 e. The summed E-state index contributed by atoms with van der Waals surface area (Å²) in [5.41, 5.74) is 3.31. The second-order valence-electron chi connectivity index (χ2n) is 8.38. The molecular weight excluding hydrogens is 372 g/mol. The first-order chi connectivity index (χ1) is 14.5. The molecule has 0 aliphatic carbocycles. The lowest BCUT2D eigenvalue weighted by Gasteiger charge is -2.26. The van der Waals surface area contributed by atoms with Crippen LogP contribution in [0.25, 0.3) is 5.69 Å². The topological polar surface area (TPSA) is 50.2 Å². The van der Waals surface area contributed by atoms with E-state index in [1.54, 1.807) is 0 Å². The molecule has 166 valence electrons. The summed E-state index contributed by atoms with van der Waals surface area (Å²) in [6, 6.07) is 10.1. The first kappa shape index (κ1) is 24.1. The molecule has 5 nitrogen and oxygen atoms in total. The summed E-state index contributed by atoms with van der Waals surface area (Å²) in [5.74, 6) is -0.0262. The third kappa shape index (κ3) is 6.98. The van der Waals surface area contributed by atoms with E-state index in [1.165, 1.54) is 38.5 Å². The van der Waals surface area contributed by atoms with Crippen LogP contribution in [0.15, 0.2) is 30.3 Å². The van der Waals surface area contributed by atoms with E-state index in [2.05, 4.69) is 36.1 Å². The molecule has 0 spiro atoms. The van der Waals surface area contributed by atoms with Crippen molar-refractivity contribution in [3.05, 3.63) is 47.3 Å². The van der Waals surface area contributed by atoms with Crippen molar-refractivity contribution < 1.29 is 4.79 Å². The molecule has 0 fully saturated rings. The molecule has 2 rings (SSSR count). The van der Waals surface area contributed by atoms with Crippen molar-refractivity contribution >= 4 is 5.91 Å². The van der Waals surface area contributed by atoms with Gasteiger partial charge in [-0.25, -0.2) is 4.68 Å². The van der Waals surface area contributed by atoms with Gasteiger partial charge in [-0.2, -0.15) is 5.10 Å². The Morgan fingerprint density at radius 3 is 2.20 bits per heavy atom. The van der Waals surface area contributed by atoms with Crippen molar-refractivity contribution in [3.8, 4) is 5.69 Å². The van der Waals surface area contributed by atoms with Gasteiger partial charge in [0, 0.05) is 12.6 Å². The van der Waals surface area contributed by atoms with Crippen molar-refractivity contribution in [2.24, 2.45) is 0 Å². The van der Waals surface area contributed by atoms with Crippen molar-refractivity contribution in [2.45, 2.75) is 79.2 Å². The van der Waals surface area contributed by atoms with Crippen LogP contribution in [0, 0.1) is 13.8 Å². The van der Waals surface area contributed by atoms with E-state index in [0.29, 0.717) is 5.56 Å². The van der Waals surface area contributed by atoms with Gasteiger partial charge in [-0.15, -0.1) is 0 Å². The van der Waals surface area contributed by atoms with E-state index in [1.807, 2.05) is 48.9 Å². The highest BCUT2D eigenvalue weighted by Crippen LogP contribution is 2.18. The third-order valence-corrected chi connectivity index (χ3v) is 5.58. The van der Waals surface area contributed by atoms with Gasteiger partial charge in [-0.05, 0) is 58.8 Å². The molecule has 1 aromatic heterocycles. The minimum absolute atomic E-state index is 0.0262. The minimum atomic E-state index is -0.0262. The van der Waals surface area contributed by atoms with Crippen LogP contribution < -0.4 is 5.32 Å². The Kier molecular flexibility index (Phi) is 10.1. The number of nitrogens with zero attached hydrogens (tertiary/aromatic N) is 3. The molecule has 2 aromatic rings. The number of hydrogen-bond acceptors (Lipinski definition) is 3. The van der Waals surface area contributed by atoms with Gasteiger partial charge < -0.3 is 10.2 Å². The van der Waals surface area contributed by atoms with Crippen LogP contribution in [0.1, 0.15) is 81.0 Å². The van der Waals surface area contributed by atoms with E-state index in [9.17, 15) is 4.79 Å². The van der Waals surface area contributed by atoms with Crippen LogP contribution in [0.4, 0.5) is 0 Å². The summed E-state index contributed by atoms with van der Waals surface area (Å²) in [5, 5.41) is 7.83. The number of nitrogens with one attached hydrogen (secondary N) is 1. The molecule has 1 N–H and O–H groups in total. The number of benzene rings is 1. The van der Waals surface area contributed by atoms with Crippen molar-refractivity contribution in [1.29, 1.82) is 0 Å². The van der Waals surface area contributed by atoms with E-state index in [-0.39, 0.29) is 11.9 Å². The normalized spacial score (nSPS) is 12.3. The number of aromatic nitrogens is 2. The molecule has 1 amide bonds. The molecule has 1 heterocycles. The Balaban J connectivity index is 2.02. The largest absolute Gasteiger partial charge is 0.348 e. The van der Waals surface area contributed by atoms with Crippen LogP contribution in [0.3, 0.4) is 0 Å². The van der Waals surface area contributed by atoms with Gasteiger partial charge in [0.2, 0.25) is 0 Å². The molecule has 5 heteroatoms. The average Bonchev–Trinajstić information content (AvgIpc) is 3.02. The van der Waals surface area contributed by atoms with E-state index >= 15 is 0 Å². The maximum atomic E-state index is 13.1. The number of rotatable bonds is 13. The lowest BCUT2D eigenvalue weighted by molar-refractivity contribution is 0.0927. The fourth-order valence-corrected chi connectivity index (χ4v) is 3.99. The van der Waals surface area contributed by atoms with Gasteiger partial charge >= 0.3 is 0 Å². The number of para-hydroxylation sites is 1. The van der Waals surface area contributed by atoms with Crippen LogP contribution in [-0.4, -0.2) is 46.3 Å². The highest BCUT2D eigenvalue weighted by Gasteiger charge is 2.21. The molecule has 0 saturated heterocycles. The predicted molar refractivity (Wildman–Crippen MR) is 125 cm³/mol. The van der Waals surface area contributed by atoms with Gasteiger partial charge in [0.05, 0.1) is 22.6 Å². The quantitative estimate of drug-likeness (QED) is 0.455. The van der Waals surface area contributed by atoms with E-state index in [0.717, 1.165) is 36.7 Å². The fourth-order valence-electron chi connectivity index (χ4n) is 3.99. The Labute approximate surface area is 182 Å². The third-order valence-electron chi connectivity index (χ3n) is 5.58. The smallest absolute Gasteiger partial charge is 0.255 e. The number of aryl methyl sites for hydroxylation is 1. The molecule has 0 radical (unpaired) electrons. The number of unbranched alkanes of at least 4 members (excludes halogenated alkanes) is 4. The molecule has 0 saturated carbocycles. The average molecular weight is 413 g/mol. The Morgan fingerprint density at radius 2 is 1.63 bits per heavy atom. The van der Waals surface area contributed by atoms with Crippen molar-refractivity contribution in [2.75, 3.05) is 19.6 Å². The SMILES string of the molecule is CCCCCN(CCCCC)CC(C)NC(=O)c1c(C)nn(-c2ccccc2)c1C. The second kappa shape index (κ2) is 12.5. The lowest BCUT2D eigenvalue weighted by Crippen LogP contribution is -2.43. The van der Waals surface area contributed by atoms with E-state index < -0.39 is 0 Å². The van der Waals surface area contributed by atoms with Crippen molar-refractivity contribution in [3.63, 3.8) is 0 Å². The fraction of sp³-hybridized carbons (Fsp3) is 0.600. The zero-order valence-electron chi connectivity index (χ0n) is 19.6. The number of hydrogen-bond donors (Lipinski definition) is 1.